The van der Waals surface area contributed by atoms with Gasteiger partial charge in [0, 0.05) is 37.3 Å². The number of halogens is 2. The summed E-state index contributed by atoms with van der Waals surface area (Å²) < 4.78 is 8.04. The van der Waals surface area contributed by atoms with E-state index in [1.165, 1.54) is 24.0 Å². The molecular weight excluding hydrogens is 445 g/mol. The summed E-state index contributed by atoms with van der Waals surface area (Å²) in [6.45, 7) is 2.98. The normalized spacial score (nSPS) is 19.4. The van der Waals surface area contributed by atoms with Gasteiger partial charge in [-0.2, -0.15) is 10.4 Å². The molecule has 0 amide bonds. The summed E-state index contributed by atoms with van der Waals surface area (Å²) in [7, 11) is 1.80. The first kappa shape index (κ1) is 21.5. The average Bonchev–Trinajstić information content (AvgIpc) is 3.44. The second-order valence-electron chi connectivity index (χ2n) is 8.66. The van der Waals surface area contributed by atoms with E-state index >= 15 is 0 Å². The molecule has 1 aromatic heterocycles. The number of hydrogen-bond donors (Lipinski definition) is 0. The van der Waals surface area contributed by atoms with Crippen LogP contribution in [0.1, 0.15) is 36.9 Å². The lowest BCUT2D eigenvalue weighted by Crippen LogP contribution is -2.37. The van der Waals surface area contributed by atoms with Gasteiger partial charge in [0.15, 0.2) is 5.82 Å². The quantitative estimate of drug-likeness (QED) is 0.609. The number of aryl methyl sites for hydroxylation is 1. The van der Waals surface area contributed by atoms with Gasteiger partial charge in [0.05, 0.1) is 35.0 Å². The summed E-state index contributed by atoms with van der Waals surface area (Å²) in [4.78, 5) is 7.06. The van der Waals surface area contributed by atoms with Crippen molar-refractivity contribution in [2.75, 3.05) is 31.1 Å². The maximum Gasteiger partial charge on any atom is 0.151 e. The molecule has 3 heterocycles. The van der Waals surface area contributed by atoms with Crippen molar-refractivity contribution in [1.82, 2.24) is 9.78 Å². The molecule has 0 atom stereocenters. The van der Waals surface area contributed by atoms with Crippen LogP contribution in [-0.4, -0.2) is 47.8 Å². The van der Waals surface area contributed by atoms with E-state index in [1.54, 1.807) is 11.7 Å². The van der Waals surface area contributed by atoms with Gasteiger partial charge in [0.2, 0.25) is 0 Å². The maximum atomic E-state index is 9.17. The topological polar surface area (TPSA) is 66.4 Å². The minimum Gasteiger partial charge on any atom is -0.373 e. The molecule has 32 heavy (non-hydrogen) atoms. The molecule has 0 spiro atoms. The SMILES string of the molecule is Cn1nc(N2CCC(OCC3=C(C4CC4)CN=C3c3c(Cl)cccc3Cl)CC2)cc1C#N. The third kappa shape index (κ3) is 4.17. The van der Waals surface area contributed by atoms with E-state index in [0.29, 0.717) is 28.3 Å². The zero-order valence-electron chi connectivity index (χ0n) is 18.0. The van der Waals surface area contributed by atoms with E-state index < -0.39 is 0 Å². The van der Waals surface area contributed by atoms with Crippen LogP contribution in [-0.2, 0) is 11.8 Å². The fourth-order valence-electron chi connectivity index (χ4n) is 4.59. The van der Waals surface area contributed by atoms with Gasteiger partial charge in [-0.25, -0.2) is 0 Å². The van der Waals surface area contributed by atoms with Crippen molar-refractivity contribution in [2.45, 2.75) is 31.8 Å². The molecule has 0 radical (unpaired) electrons. The van der Waals surface area contributed by atoms with Crippen LogP contribution in [0.2, 0.25) is 10.0 Å². The fraction of sp³-hybridized carbons (Fsp3) is 0.458. The number of aromatic nitrogens is 2. The highest BCUT2D eigenvalue weighted by Gasteiger charge is 2.34. The van der Waals surface area contributed by atoms with E-state index in [1.807, 2.05) is 24.3 Å². The molecule has 6 nitrogen and oxygen atoms in total. The highest BCUT2D eigenvalue weighted by molar-refractivity contribution is 6.41. The monoisotopic (exact) mass is 469 g/mol. The number of nitrogens with zero attached hydrogens (tertiary/aromatic N) is 5. The van der Waals surface area contributed by atoms with Gasteiger partial charge in [-0.05, 0) is 49.3 Å². The van der Waals surface area contributed by atoms with Gasteiger partial charge >= 0.3 is 0 Å². The third-order valence-electron chi connectivity index (χ3n) is 6.56. The molecule has 0 N–H and O–H groups in total. The third-order valence-corrected chi connectivity index (χ3v) is 7.19. The molecule has 1 saturated carbocycles. The summed E-state index contributed by atoms with van der Waals surface area (Å²) in [5.41, 5.74) is 4.87. The molecule has 0 bridgehead atoms. The highest BCUT2D eigenvalue weighted by atomic mass is 35.5. The van der Waals surface area contributed by atoms with Crippen LogP contribution in [0.3, 0.4) is 0 Å². The molecule has 1 saturated heterocycles. The molecule has 5 rings (SSSR count). The van der Waals surface area contributed by atoms with Crippen molar-refractivity contribution < 1.29 is 4.74 Å². The van der Waals surface area contributed by atoms with E-state index in [9.17, 15) is 0 Å². The van der Waals surface area contributed by atoms with Crippen LogP contribution in [0.25, 0.3) is 0 Å². The number of rotatable bonds is 6. The van der Waals surface area contributed by atoms with E-state index in [4.69, 9.17) is 38.2 Å². The van der Waals surface area contributed by atoms with Crippen LogP contribution in [0.4, 0.5) is 5.82 Å². The summed E-state index contributed by atoms with van der Waals surface area (Å²) in [6, 6.07) is 9.61. The van der Waals surface area contributed by atoms with Crippen LogP contribution in [0.15, 0.2) is 40.4 Å². The first-order chi connectivity index (χ1) is 15.5. The second kappa shape index (κ2) is 8.90. The summed E-state index contributed by atoms with van der Waals surface area (Å²) in [5.74, 6) is 1.48. The average molecular weight is 470 g/mol. The Morgan fingerprint density at radius 3 is 2.50 bits per heavy atom. The minimum absolute atomic E-state index is 0.182. The minimum atomic E-state index is 0.182. The standard InChI is InChI=1S/C24H25Cl2N5O/c1-30-16(12-27)11-22(29-30)31-9-7-17(8-10-31)32-14-19-18(15-5-6-15)13-28-24(19)23-20(25)3-2-4-21(23)26/h2-4,11,15,17H,5-10,13-14H2,1H3. The predicted molar refractivity (Wildman–Crippen MR) is 127 cm³/mol. The van der Waals surface area contributed by atoms with Gasteiger partial charge < -0.3 is 9.64 Å². The van der Waals surface area contributed by atoms with Crippen LogP contribution in [0, 0.1) is 17.2 Å². The summed E-state index contributed by atoms with van der Waals surface area (Å²) >= 11 is 13.0. The van der Waals surface area contributed by atoms with Crippen molar-refractivity contribution >= 4 is 34.7 Å². The Labute approximate surface area is 198 Å². The molecule has 0 unspecified atom stereocenters. The predicted octanol–water partition coefficient (Wildman–Crippen LogP) is 4.79. The zero-order valence-corrected chi connectivity index (χ0v) is 19.5. The number of piperidine rings is 1. The first-order valence-corrected chi connectivity index (χ1v) is 11.8. The zero-order chi connectivity index (χ0) is 22.2. The lowest BCUT2D eigenvalue weighted by molar-refractivity contribution is 0.0536. The molecule has 1 aliphatic carbocycles. The molecule has 8 heteroatoms. The molecule has 2 fully saturated rings. The molecule has 1 aromatic carbocycles. The molecular formula is C24H25Cl2N5O. The van der Waals surface area contributed by atoms with Crippen molar-refractivity contribution in [2.24, 2.45) is 18.0 Å². The Morgan fingerprint density at radius 2 is 1.88 bits per heavy atom. The fourth-order valence-corrected chi connectivity index (χ4v) is 5.17. The van der Waals surface area contributed by atoms with Crippen molar-refractivity contribution in [3.63, 3.8) is 0 Å². The van der Waals surface area contributed by atoms with Crippen LogP contribution < -0.4 is 4.90 Å². The smallest absolute Gasteiger partial charge is 0.151 e. The van der Waals surface area contributed by atoms with Gasteiger partial charge in [-0.1, -0.05) is 29.3 Å². The molecule has 2 aromatic rings. The Morgan fingerprint density at radius 1 is 1.16 bits per heavy atom. The number of hydrogen-bond acceptors (Lipinski definition) is 5. The number of benzene rings is 1. The Bertz CT molecular complexity index is 1110. The highest BCUT2D eigenvalue weighted by Crippen LogP contribution is 2.42. The number of anilines is 1. The van der Waals surface area contributed by atoms with Gasteiger partial charge in [0.25, 0.3) is 0 Å². The lowest BCUT2D eigenvalue weighted by Gasteiger charge is -2.32. The number of ether oxygens (including phenoxy) is 1. The van der Waals surface area contributed by atoms with Crippen molar-refractivity contribution in [3.05, 3.63) is 56.7 Å². The Balaban J connectivity index is 1.26. The summed E-state index contributed by atoms with van der Waals surface area (Å²) in [5, 5.41) is 14.9. The van der Waals surface area contributed by atoms with E-state index in [0.717, 1.165) is 49.6 Å². The van der Waals surface area contributed by atoms with Gasteiger partial charge in [-0.3, -0.25) is 9.67 Å². The van der Waals surface area contributed by atoms with Crippen molar-refractivity contribution in [3.8, 4) is 6.07 Å². The van der Waals surface area contributed by atoms with Gasteiger partial charge in [-0.15, -0.1) is 0 Å². The number of nitriles is 1. The van der Waals surface area contributed by atoms with Crippen molar-refractivity contribution in [1.29, 1.82) is 5.26 Å². The molecule has 166 valence electrons. The second-order valence-corrected chi connectivity index (χ2v) is 9.47. The van der Waals surface area contributed by atoms with E-state index in [2.05, 4.69) is 16.1 Å². The van der Waals surface area contributed by atoms with Gasteiger partial charge in [0.1, 0.15) is 11.8 Å². The lowest BCUT2D eigenvalue weighted by atomic mass is 9.98. The van der Waals surface area contributed by atoms with E-state index in [-0.39, 0.29) is 6.10 Å². The Hall–Kier alpha value is -2.33. The summed E-state index contributed by atoms with van der Waals surface area (Å²) in [6.07, 6.45) is 4.48. The van der Waals surface area contributed by atoms with Crippen LogP contribution >= 0.6 is 23.2 Å². The largest absolute Gasteiger partial charge is 0.373 e. The van der Waals surface area contributed by atoms with Crippen LogP contribution in [0.5, 0.6) is 0 Å². The maximum absolute atomic E-state index is 9.17. The molecule has 3 aliphatic rings. The Kier molecular flexibility index (Phi) is 5.98. The number of aliphatic imine (C=N–C) groups is 1. The molecule has 2 aliphatic heterocycles. The first-order valence-electron chi connectivity index (χ1n) is 11.1.